The van der Waals surface area contributed by atoms with Gasteiger partial charge in [0.2, 0.25) is 5.43 Å². The number of pyridine rings is 2. The van der Waals surface area contributed by atoms with Crippen molar-refractivity contribution in [1.82, 2.24) is 9.55 Å². The van der Waals surface area contributed by atoms with Gasteiger partial charge in [0.1, 0.15) is 5.56 Å². The van der Waals surface area contributed by atoms with Gasteiger partial charge in [-0.3, -0.25) is 14.6 Å². The molecular weight excluding hydrogens is 302 g/mol. The van der Waals surface area contributed by atoms with Gasteiger partial charge in [0, 0.05) is 29.5 Å². The first-order valence-electron chi connectivity index (χ1n) is 7.83. The van der Waals surface area contributed by atoms with Crippen molar-refractivity contribution < 1.29 is 4.79 Å². The normalized spacial score (nSPS) is 11.0. The lowest BCUT2D eigenvalue weighted by Crippen LogP contribution is -2.24. The lowest BCUT2D eigenvalue weighted by Gasteiger charge is -2.12. The summed E-state index contributed by atoms with van der Waals surface area (Å²) in [6, 6.07) is 9.65. The first kappa shape index (κ1) is 15.9. The monoisotopic (exact) mass is 321 g/mol. The number of hydrogen-bond donors (Lipinski definition) is 1. The number of fused-ring (bicyclic) bond motifs is 1. The number of rotatable bonds is 3. The Balaban J connectivity index is 2.30. The van der Waals surface area contributed by atoms with Gasteiger partial charge in [-0.15, -0.1) is 0 Å². The molecule has 5 heteroatoms. The van der Waals surface area contributed by atoms with Crippen molar-refractivity contribution in [1.29, 1.82) is 0 Å². The van der Waals surface area contributed by atoms with Gasteiger partial charge in [0.15, 0.2) is 0 Å². The van der Waals surface area contributed by atoms with Crippen LogP contribution in [0.3, 0.4) is 0 Å². The average Bonchev–Trinajstić information content (AvgIpc) is 2.53. The van der Waals surface area contributed by atoms with Crippen molar-refractivity contribution in [2.45, 2.75) is 27.3 Å². The Kier molecular flexibility index (Phi) is 3.93. The molecule has 0 unspecified atom stereocenters. The topological polar surface area (TPSA) is 78.0 Å². The molecule has 0 saturated carbocycles. The Hall–Kier alpha value is -2.95. The number of benzene rings is 1. The van der Waals surface area contributed by atoms with E-state index in [0.29, 0.717) is 11.9 Å². The fourth-order valence-electron chi connectivity index (χ4n) is 3.01. The number of aromatic nitrogens is 2. The predicted octanol–water partition coefficient (Wildman–Crippen LogP) is 2.80. The zero-order chi connectivity index (χ0) is 17.4. The molecular formula is C19H19N3O2. The number of carbonyl (C=O) groups excluding carboxylic acids is 1. The van der Waals surface area contributed by atoms with Crippen LogP contribution in [0.15, 0.2) is 41.3 Å². The van der Waals surface area contributed by atoms with E-state index in [2.05, 4.69) is 4.98 Å². The lowest BCUT2D eigenvalue weighted by molar-refractivity contribution is 0.0999. The van der Waals surface area contributed by atoms with Gasteiger partial charge in [-0.25, -0.2) is 0 Å². The van der Waals surface area contributed by atoms with Crippen molar-refractivity contribution in [3.63, 3.8) is 0 Å². The highest BCUT2D eigenvalue weighted by Crippen LogP contribution is 2.24. The molecule has 122 valence electrons. The third-order valence-electron chi connectivity index (χ3n) is 4.10. The first-order valence-corrected chi connectivity index (χ1v) is 7.83. The number of amides is 1. The summed E-state index contributed by atoms with van der Waals surface area (Å²) in [5.41, 5.74) is 9.76. The van der Waals surface area contributed by atoms with Crippen molar-refractivity contribution >= 4 is 16.8 Å². The molecule has 2 N–H and O–H groups in total. The Labute approximate surface area is 139 Å². The van der Waals surface area contributed by atoms with Crippen LogP contribution in [0.2, 0.25) is 0 Å². The van der Waals surface area contributed by atoms with Gasteiger partial charge in [-0.2, -0.15) is 0 Å². The summed E-state index contributed by atoms with van der Waals surface area (Å²) < 4.78 is 1.88. The van der Waals surface area contributed by atoms with Crippen molar-refractivity contribution in [3.05, 3.63) is 63.7 Å². The van der Waals surface area contributed by atoms with E-state index in [4.69, 9.17) is 5.73 Å². The molecule has 0 spiro atoms. The van der Waals surface area contributed by atoms with Gasteiger partial charge < -0.3 is 10.3 Å². The van der Waals surface area contributed by atoms with Crippen LogP contribution in [0.5, 0.6) is 0 Å². The van der Waals surface area contributed by atoms with Crippen molar-refractivity contribution in [2.24, 2.45) is 5.73 Å². The number of aryl methyl sites for hydroxylation is 3. The molecule has 1 aromatic carbocycles. The summed E-state index contributed by atoms with van der Waals surface area (Å²) >= 11 is 0. The van der Waals surface area contributed by atoms with Crippen LogP contribution in [-0.2, 0) is 6.54 Å². The lowest BCUT2D eigenvalue weighted by atomic mass is 10.0. The highest BCUT2D eigenvalue weighted by atomic mass is 16.2. The number of nitrogens with zero attached hydrogens (tertiary/aromatic N) is 2. The molecule has 0 fully saturated rings. The maximum Gasteiger partial charge on any atom is 0.254 e. The molecule has 3 aromatic rings. The SMILES string of the molecule is CCn1cc(C(N)=O)c(=O)c2ccc(-c3cc(C)nc(C)c3)cc21. The van der Waals surface area contributed by atoms with Crippen LogP contribution < -0.4 is 11.2 Å². The molecule has 0 aliphatic heterocycles. The zero-order valence-electron chi connectivity index (χ0n) is 14.0. The number of primary amides is 1. The Morgan fingerprint density at radius 2 is 1.79 bits per heavy atom. The van der Waals surface area contributed by atoms with Gasteiger partial charge in [0.25, 0.3) is 5.91 Å². The van der Waals surface area contributed by atoms with E-state index in [-0.39, 0.29) is 11.0 Å². The van der Waals surface area contributed by atoms with E-state index in [9.17, 15) is 9.59 Å². The summed E-state index contributed by atoms with van der Waals surface area (Å²) in [5, 5.41) is 0.499. The van der Waals surface area contributed by atoms with Gasteiger partial charge in [-0.1, -0.05) is 6.07 Å². The van der Waals surface area contributed by atoms with E-state index in [1.165, 1.54) is 0 Å². The Morgan fingerprint density at radius 1 is 1.12 bits per heavy atom. The minimum atomic E-state index is -0.700. The molecule has 3 rings (SSSR count). The Morgan fingerprint density at radius 3 is 2.38 bits per heavy atom. The second-order valence-corrected chi connectivity index (χ2v) is 5.89. The van der Waals surface area contributed by atoms with Crippen LogP contribution >= 0.6 is 0 Å². The van der Waals surface area contributed by atoms with Crippen LogP contribution in [0, 0.1) is 13.8 Å². The largest absolute Gasteiger partial charge is 0.365 e. The van der Waals surface area contributed by atoms with E-state index in [1.807, 2.05) is 49.6 Å². The maximum atomic E-state index is 12.5. The summed E-state index contributed by atoms with van der Waals surface area (Å²) in [7, 11) is 0. The molecule has 5 nitrogen and oxygen atoms in total. The fourth-order valence-corrected chi connectivity index (χ4v) is 3.01. The van der Waals surface area contributed by atoms with Crippen molar-refractivity contribution in [2.75, 3.05) is 0 Å². The average molecular weight is 321 g/mol. The quantitative estimate of drug-likeness (QED) is 0.805. The second kappa shape index (κ2) is 5.92. The third-order valence-corrected chi connectivity index (χ3v) is 4.10. The van der Waals surface area contributed by atoms with E-state index >= 15 is 0 Å². The molecule has 0 radical (unpaired) electrons. The molecule has 24 heavy (non-hydrogen) atoms. The zero-order valence-corrected chi connectivity index (χ0v) is 14.0. The number of hydrogen-bond acceptors (Lipinski definition) is 3. The van der Waals surface area contributed by atoms with Crippen LogP contribution in [-0.4, -0.2) is 15.5 Å². The van der Waals surface area contributed by atoms with Crippen molar-refractivity contribution in [3.8, 4) is 11.1 Å². The first-order chi connectivity index (χ1) is 11.4. The molecule has 1 amide bonds. The van der Waals surface area contributed by atoms with E-state index in [1.54, 1.807) is 12.3 Å². The number of carbonyl (C=O) groups is 1. The Bertz CT molecular complexity index is 999. The highest BCUT2D eigenvalue weighted by molar-refractivity contribution is 5.97. The smallest absolute Gasteiger partial charge is 0.254 e. The molecule has 2 aromatic heterocycles. The van der Waals surface area contributed by atoms with E-state index < -0.39 is 5.91 Å². The molecule has 0 aliphatic rings. The van der Waals surface area contributed by atoms with Gasteiger partial charge in [0.05, 0.1) is 5.52 Å². The van der Waals surface area contributed by atoms with Gasteiger partial charge in [-0.05, 0) is 56.2 Å². The molecule has 0 atom stereocenters. The second-order valence-electron chi connectivity index (χ2n) is 5.89. The summed E-state index contributed by atoms with van der Waals surface area (Å²) in [5.74, 6) is -0.700. The molecule has 0 aliphatic carbocycles. The summed E-state index contributed by atoms with van der Waals surface area (Å²) in [6.07, 6.45) is 1.54. The van der Waals surface area contributed by atoms with Gasteiger partial charge >= 0.3 is 0 Å². The maximum absolute atomic E-state index is 12.5. The van der Waals surface area contributed by atoms with E-state index in [0.717, 1.165) is 28.0 Å². The predicted molar refractivity (Wildman–Crippen MR) is 95.1 cm³/mol. The number of nitrogens with two attached hydrogens (primary N) is 1. The minimum absolute atomic E-state index is 0.0210. The fraction of sp³-hybridized carbons (Fsp3) is 0.211. The highest BCUT2D eigenvalue weighted by Gasteiger charge is 2.13. The van der Waals surface area contributed by atoms with Crippen LogP contribution in [0.4, 0.5) is 0 Å². The minimum Gasteiger partial charge on any atom is -0.365 e. The molecule has 0 bridgehead atoms. The standard InChI is InChI=1S/C19H19N3O2/c1-4-22-10-16(19(20)24)18(23)15-6-5-13(9-17(15)22)14-7-11(2)21-12(3)8-14/h5-10H,4H2,1-3H3,(H2,20,24). The third kappa shape index (κ3) is 2.69. The summed E-state index contributed by atoms with van der Waals surface area (Å²) in [6.45, 7) is 6.51. The molecule has 2 heterocycles. The summed E-state index contributed by atoms with van der Waals surface area (Å²) in [4.78, 5) is 28.4. The molecule has 0 saturated heterocycles. The van der Waals surface area contributed by atoms with Crippen LogP contribution in [0.25, 0.3) is 22.0 Å². The van der Waals surface area contributed by atoms with Crippen LogP contribution in [0.1, 0.15) is 28.7 Å².